The molecule has 2 heterocycles. The van der Waals surface area contributed by atoms with Gasteiger partial charge in [0.25, 0.3) is 0 Å². The summed E-state index contributed by atoms with van der Waals surface area (Å²) in [5.74, 6) is 0.315. The van der Waals surface area contributed by atoms with Crippen LogP contribution in [0.4, 0.5) is 5.13 Å². The Morgan fingerprint density at radius 3 is 2.73 bits per heavy atom. The van der Waals surface area contributed by atoms with Crippen LogP contribution in [-0.4, -0.2) is 40.8 Å². The molecular formula is C23H32N4O2S. The molecule has 0 radical (unpaired) electrons. The molecule has 1 aromatic carbocycles. The van der Waals surface area contributed by atoms with Crippen LogP contribution in [0.25, 0.3) is 0 Å². The molecular weight excluding hydrogens is 396 g/mol. The van der Waals surface area contributed by atoms with Gasteiger partial charge in [-0.1, -0.05) is 51.1 Å². The van der Waals surface area contributed by atoms with E-state index >= 15 is 0 Å². The minimum Gasteiger partial charge on any atom is -0.344 e. The molecule has 30 heavy (non-hydrogen) atoms. The zero-order chi connectivity index (χ0) is 21.5. The molecule has 1 aliphatic rings. The van der Waals surface area contributed by atoms with E-state index in [4.69, 9.17) is 0 Å². The number of nitrogens with zero attached hydrogens (tertiary/aromatic N) is 2. The molecule has 6 nitrogen and oxygen atoms in total. The van der Waals surface area contributed by atoms with Crippen molar-refractivity contribution in [3.8, 4) is 0 Å². The zero-order valence-corrected chi connectivity index (χ0v) is 18.9. The second-order valence-electron chi connectivity index (χ2n) is 8.57. The van der Waals surface area contributed by atoms with Crippen LogP contribution in [0, 0.1) is 11.8 Å². The third kappa shape index (κ3) is 6.64. The maximum Gasteiger partial charge on any atom is 0.248 e. The van der Waals surface area contributed by atoms with Crippen LogP contribution < -0.4 is 10.6 Å². The predicted octanol–water partition coefficient (Wildman–Crippen LogP) is 3.70. The minimum absolute atomic E-state index is 0.0287. The normalized spacial score (nSPS) is 18.2. The number of rotatable bonds is 8. The molecule has 2 aromatic rings. The lowest BCUT2D eigenvalue weighted by Crippen LogP contribution is -2.47. The number of hydrogen-bond acceptors (Lipinski definition) is 5. The summed E-state index contributed by atoms with van der Waals surface area (Å²) >= 11 is 1.44. The summed E-state index contributed by atoms with van der Waals surface area (Å²) < 4.78 is 0. The van der Waals surface area contributed by atoms with Crippen molar-refractivity contribution in [1.29, 1.82) is 0 Å². The molecule has 7 heteroatoms. The van der Waals surface area contributed by atoms with Gasteiger partial charge >= 0.3 is 0 Å². The predicted molar refractivity (Wildman–Crippen MR) is 121 cm³/mol. The lowest BCUT2D eigenvalue weighted by molar-refractivity contribution is -0.127. The fourth-order valence-electron chi connectivity index (χ4n) is 3.82. The van der Waals surface area contributed by atoms with Crippen molar-refractivity contribution in [2.45, 2.75) is 52.6 Å². The standard InChI is InChI=1S/C23H32N4O2S/c1-16(2)21(25-20(28)12-18-9-5-4-6-10-18)22(29)26-23-24-19(15-30-23)14-27-11-7-8-17(3)13-27/h4-6,9-10,15-17,21H,7-8,11-14H2,1-3H3,(H,25,28)(H,24,26,29)/t17?,21-/m0/s1. The molecule has 1 aliphatic heterocycles. The summed E-state index contributed by atoms with van der Waals surface area (Å²) in [4.78, 5) is 32.3. The highest BCUT2D eigenvalue weighted by molar-refractivity contribution is 7.13. The maximum absolute atomic E-state index is 12.8. The Morgan fingerprint density at radius 2 is 2.03 bits per heavy atom. The Bertz CT molecular complexity index is 837. The molecule has 2 amide bonds. The smallest absolute Gasteiger partial charge is 0.248 e. The van der Waals surface area contributed by atoms with Gasteiger partial charge in [0.2, 0.25) is 11.8 Å². The number of benzene rings is 1. The second-order valence-corrected chi connectivity index (χ2v) is 9.43. The van der Waals surface area contributed by atoms with Crippen molar-refractivity contribution < 1.29 is 9.59 Å². The number of likely N-dealkylation sites (tertiary alicyclic amines) is 1. The van der Waals surface area contributed by atoms with E-state index in [1.807, 2.05) is 49.6 Å². The van der Waals surface area contributed by atoms with Gasteiger partial charge in [0.1, 0.15) is 6.04 Å². The van der Waals surface area contributed by atoms with E-state index in [-0.39, 0.29) is 24.2 Å². The van der Waals surface area contributed by atoms with E-state index in [0.29, 0.717) is 5.13 Å². The number of hydrogen-bond donors (Lipinski definition) is 2. The number of carbonyl (C=O) groups excluding carboxylic acids is 2. The van der Waals surface area contributed by atoms with Crippen molar-refractivity contribution in [2.75, 3.05) is 18.4 Å². The van der Waals surface area contributed by atoms with Gasteiger partial charge in [0.15, 0.2) is 5.13 Å². The minimum atomic E-state index is -0.600. The molecule has 162 valence electrons. The number of anilines is 1. The Labute approximate surface area is 183 Å². The number of amides is 2. The monoisotopic (exact) mass is 428 g/mol. The Hall–Kier alpha value is -2.25. The van der Waals surface area contributed by atoms with Gasteiger partial charge in [0, 0.05) is 18.5 Å². The van der Waals surface area contributed by atoms with Crippen molar-refractivity contribution in [3.63, 3.8) is 0 Å². The summed E-state index contributed by atoms with van der Waals surface area (Å²) in [6.07, 6.45) is 2.78. The van der Waals surface area contributed by atoms with Crippen molar-refractivity contribution in [3.05, 3.63) is 47.0 Å². The fraction of sp³-hybridized carbons (Fsp3) is 0.522. The largest absolute Gasteiger partial charge is 0.344 e. The van der Waals surface area contributed by atoms with Gasteiger partial charge in [-0.15, -0.1) is 11.3 Å². The van der Waals surface area contributed by atoms with Crippen LogP contribution in [-0.2, 0) is 22.6 Å². The molecule has 0 bridgehead atoms. The average Bonchev–Trinajstić information content (AvgIpc) is 3.13. The van der Waals surface area contributed by atoms with Crippen molar-refractivity contribution in [2.24, 2.45) is 11.8 Å². The number of piperidine rings is 1. The third-order valence-corrected chi connectivity index (χ3v) is 6.19. The van der Waals surface area contributed by atoms with Gasteiger partial charge in [-0.25, -0.2) is 4.98 Å². The first-order valence-electron chi connectivity index (χ1n) is 10.7. The first kappa shape index (κ1) is 22.4. The molecule has 0 saturated carbocycles. The molecule has 1 unspecified atom stereocenters. The van der Waals surface area contributed by atoms with Crippen LogP contribution in [0.1, 0.15) is 44.9 Å². The number of nitrogens with one attached hydrogen (secondary N) is 2. The molecule has 0 aliphatic carbocycles. The quantitative estimate of drug-likeness (QED) is 0.672. The summed E-state index contributed by atoms with van der Waals surface area (Å²) in [7, 11) is 0. The fourth-order valence-corrected chi connectivity index (χ4v) is 4.52. The molecule has 1 fully saturated rings. The van der Waals surface area contributed by atoms with Crippen LogP contribution in [0.5, 0.6) is 0 Å². The third-order valence-electron chi connectivity index (χ3n) is 5.38. The Morgan fingerprint density at radius 1 is 1.27 bits per heavy atom. The van der Waals surface area contributed by atoms with Crippen LogP contribution in [0.2, 0.25) is 0 Å². The SMILES string of the molecule is CC1CCCN(Cc2csc(NC(=O)[C@@H](NC(=O)Cc3ccccc3)C(C)C)n2)C1. The van der Waals surface area contributed by atoms with Gasteiger partial charge in [0.05, 0.1) is 12.1 Å². The van der Waals surface area contributed by atoms with Crippen LogP contribution in [0.15, 0.2) is 35.7 Å². The van der Waals surface area contributed by atoms with Gasteiger partial charge in [-0.05, 0) is 36.8 Å². The summed E-state index contributed by atoms with van der Waals surface area (Å²) in [6, 6.07) is 8.94. The van der Waals surface area contributed by atoms with E-state index in [0.717, 1.165) is 36.8 Å². The number of thiazole rings is 1. The van der Waals surface area contributed by atoms with Crippen LogP contribution >= 0.6 is 11.3 Å². The molecule has 1 saturated heterocycles. The number of aromatic nitrogens is 1. The van der Waals surface area contributed by atoms with Gasteiger partial charge in [-0.3, -0.25) is 14.5 Å². The average molecular weight is 429 g/mol. The second kappa shape index (κ2) is 10.7. The maximum atomic E-state index is 12.8. The first-order valence-corrected chi connectivity index (χ1v) is 11.6. The van der Waals surface area contributed by atoms with E-state index in [1.54, 1.807) is 0 Å². The van der Waals surface area contributed by atoms with Gasteiger partial charge in [-0.2, -0.15) is 0 Å². The summed E-state index contributed by atoms with van der Waals surface area (Å²) in [5.41, 5.74) is 1.91. The molecule has 2 N–H and O–H groups in total. The zero-order valence-electron chi connectivity index (χ0n) is 18.1. The molecule has 3 rings (SSSR count). The van der Waals surface area contributed by atoms with E-state index in [1.165, 1.54) is 24.2 Å². The van der Waals surface area contributed by atoms with Crippen molar-refractivity contribution >= 4 is 28.3 Å². The summed E-state index contributed by atoms with van der Waals surface area (Å²) in [5, 5.41) is 8.37. The van der Waals surface area contributed by atoms with E-state index < -0.39 is 6.04 Å². The highest BCUT2D eigenvalue weighted by atomic mass is 32.1. The van der Waals surface area contributed by atoms with E-state index in [9.17, 15) is 9.59 Å². The lowest BCUT2D eigenvalue weighted by atomic mass is 10.0. The molecule has 2 atom stereocenters. The van der Waals surface area contributed by atoms with Gasteiger partial charge < -0.3 is 10.6 Å². The van der Waals surface area contributed by atoms with E-state index in [2.05, 4.69) is 27.4 Å². The lowest BCUT2D eigenvalue weighted by Gasteiger charge is -2.30. The Balaban J connectivity index is 1.54. The Kier molecular flexibility index (Phi) is 7.99. The summed E-state index contributed by atoms with van der Waals surface area (Å²) in [6.45, 7) is 9.17. The molecule has 1 aromatic heterocycles. The topological polar surface area (TPSA) is 74.3 Å². The first-order chi connectivity index (χ1) is 14.4. The van der Waals surface area contributed by atoms with Crippen molar-refractivity contribution in [1.82, 2.24) is 15.2 Å². The molecule has 0 spiro atoms. The highest BCUT2D eigenvalue weighted by Gasteiger charge is 2.25. The van der Waals surface area contributed by atoms with Crippen LogP contribution in [0.3, 0.4) is 0 Å². The number of carbonyl (C=O) groups is 2. The highest BCUT2D eigenvalue weighted by Crippen LogP contribution is 2.21.